The van der Waals surface area contributed by atoms with Gasteiger partial charge in [-0.05, 0) is 38.5 Å². The van der Waals surface area contributed by atoms with Gasteiger partial charge in [-0.2, -0.15) is 4.99 Å². The summed E-state index contributed by atoms with van der Waals surface area (Å²) in [4.78, 5) is 57.1. The Kier molecular flexibility index (Phi) is 7.18. The second-order valence-corrected chi connectivity index (χ2v) is 11.4. The third-order valence-corrected chi connectivity index (χ3v) is 7.57. The number of aliphatic imine (C=N–C) groups is 1. The molecule has 3 heterocycles. The van der Waals surface area contributed by atoms with Crippen molar-refractivity contribution in [1.82, 2.24) is 10.2 Å². The minimum absolute atomic E-state index is 0.0502. The third kappa shape index (κ3) is 5.27. The summed E-state index contributed by atoms with van der Waals surface area (Å²) in [5, 5.41) is 3.64. The number of nitrogens with one attached hydrogen (secondary N) is 1. The van der Waals surface area contributed by atoms with Crippen molar-refractivity contribution in [1.29, 1.82) is 0 Å². The predicted octanol–water partition coefficient (Wildman–Crippen LogP) is 4.43. The Morgan fingerprint density at radius 1 is 1.08 bits per heavy atom. The highest BCUT2D eigenvalue weighted by molar-refractivity contribution is 7.14. The lowest BCUT2D eigenvalue weighted by atomic mass is 9.92. The number of nitrogens with zero attached hydrogens (tertiary/aromatic N) is 2. The fourth-order valence-corrected chi connectivity index (χ4v) is 5.90. The summed E-state index contributed by atoms with van der Waals surface area (Å²) in [5.74, 6) is -1.43. The van der Waals surface area contributed by atoms with Crippen molar-refractivity contribution in [2.75, 3.05) is 6.54 Å². The van der Waals surface area contributed by atoms with E-state index in [1.807, 2.05) is 30.3 Å². The number of carbonyl (C=O) groups excluding carboxylic acids is 4. The Labute approximate surface area is 229 Å². The minimum Gasteiger partial charge on any atom is -0.478 e. The molecule has 0 bridgehead atoms. The van der Waals surface area contributed by atoms with E-state index in [-0.39, 0.29) is 18.7 Å². The molecule has 0 fully saturated rings. The van der Waals surface area contributed by atoms with Crippen LogP contribution in [0, 0.1) is 0 Å². The van der Waals surface area contributed by atoms with Gasteiger partial charge in [-0.15, -0.1) is 11.3 Å². The molecule has 2 amide bonds. The minimum atomic E-state index is -0.900. The average molecular weight is 546 g/mol. The fourth-order valence-electron chi connectivity index (χ4n) is 4.77. The van der Waals surface area contributed by atoms with Crippen LogP contribution in [-0.2, 0) is 22.7 Å². The molecule has 39 heavy (non-hydrogen) atoms. The van der Waals surface area contributed by atoms with Gasteiger partial charge < -0.3 is 14.8 Å². The Bertz CT molecular complexity index is 1450. The van der Waals surface area contributed by atoms with E-state index in [0.717, 1.165) is 15.3 Å². The lowest BCUT2D eigenvalue weighted by Crippen LogP contribution is -2.48. The monoisotopic (exact) mass is 545 g/mol. The lowest BCUT2D eigenvalue weighted by molar-refractivity contribution is 0.00634. The quantitative estimate of drug-likeness (QED) is 0.202. The number of rotatable bonds is 7. The van der Waals surface area contributed by atoms with E-state index in [1.165, 1.54) is 11.3 Å². The van der Waals surface area contributed by atoms with Crippen molar-refractivity contribution in [3.8, 4) is 5.06 Å². The number of hydrogen-bond donors (Lipinski definition) is 1. The number of carbonyl (C=O) groups is 3. The van der Waals surface area contributed by atoms with Crippen LogP contribution in [0.5, 0.6) is 5.06 Å². The highest BCUT2D eigenvalue weighted by atomic mass is 32.1. The molecule has 9 nitrogen and oxygen atoms in total. The smallest absolute Gasteiger partial charge is 0.343 e. The molecule has 2 aliphatic rings. The molecule has 0 saturated heterocycles. The maximum absolute atomic E-state index is 13.5. The van der Waals surface area contributed by atoms with Gasteiger partial charge in [-0.3, -0.25) is 14.5 Å². The van der Waals surface area contributed by atoms with E-state index in [0.29, 0.717) is 28.3 Å². The highest BCUT2D eigenvalue weighted by Gasteiger charge is 2.43. The van der Waals surface area contributed by atoms with E-state index >= 15 is 0 Å². The molecular weight excluding hydrogens is 518 g/mol. The fraction of sp³-hybridized carbons (Fsp3) is 0.310. The first-order chi connectivity index (χ1) is 18.7. The van der Waals surface area contributed by atoms with Crippen LogP contribution in [0.3, 0.4) is 0 Å². The summed E-state index contributed by atoms with van der Waals surface area (Å²) in [6, 6.07) is 14.6. The van der Waals surface area contributed by atoms with Crippen molar-refractivity contribution < 1.29 is 28.7 Å². The maximum atomic E-state index is 13.5. The highest BCUT2D eigenvalue weighted by Crippen LogP contribution is 2.45. The standard InChI is InChI=1S/C29H27N3O6S/c1-29(2,3)38-27(36)23-22-21(39-28(23)37-15-17-9-5-4-6-10-17)13-30-20(24(22)31-16-33)14-32-25(34)18-11-7-8-12-19(18)26(32)35/h4-12,20,24,30H,13-15H2,1-3H3/t20-,24?/m0/s1. The summed E-state index contributed by atoms with van der Waals surface area (Å²) in [6.07, 6.45) is 1.61. The first kappa shape index (κ1) is 26.5. The molecule has 3 aromatic rings. The lowest BCUT2D eigenvalue weighted by Gasteiger charge is -2.32. The molecule has 2 atom stereocenters. The number of hydrogen-bond acceptors (Lipinski definition) is 9. The normalized spacial score (nSPS) is 18.3. The van der Waals surface area contributed by atoms with Gasteiger partial charge in [0.2, 0.25) is 6.08 Å². The largest absolute Gasteiger partial charge is 0.478 e. The van der Waals surface area contributed by atoms with Crippen molar-refractivity contribution in [2.24, 2.45) is 4.99 Å². The van der Waals surface area contributed by atoms with Crippen LogP contribution in [0.2, 0.25) is 0 Å². The van der Waals surface area contributed by atoms with Crippen LogP contribution in [0.15, 0.2) is 59.6 Å². The molecule has 0 spiro atoms. The molecule has 2 aliphatic heterocycles. The van der Waals surface area contributed by atoms with Gasteiger partial charge in [0.1, 0.15) is 23.8 Å². The van der Waals surface area contributed by atoms with E-state index < -0.39 is 35.5 Å². The van der Waals surface area contributed by atoms with Gasteiger partial charge in [-0.25, -0.2) is 9.59 Å². The van der Waals surface area contributed by atoms with Crippen LogP contribution in [-0.4, -0.2) is 47.0 Å². The summed E-state index contributed by atoms with van der Waals surface area (Å²) >= 11 is 1.28. The van der Waals surface area contributed by atoms with Crippen LogP contribution >= 0.6 is 11.3 Å². The van der Waals surface area contributed by atoms with Crippen molar-refractivity contribution >= 4 is 35.2 Å². The van der Waals surface area contributed by atoms with Crippen molar-refractivity contribution in [3.05, 3.63) is 87.3 Å². The van der Waals surface area contributed by atoms with Gasteiger partial charge in [0, 0.05) is 23.5 Å². The number of isocyanates is 1. The number of benzene rings is 2. The molecule has 1 unspecified atom stereocenters. The van der Waals surface area contributed by atoms with E-state index in [2.05, 4.69) is 10.3 Å². The first-order valence-corrected chi connectivity index (χ1v) is 13.3. The Balaban J connectivity index is 1.50. The average Bonchev–Trinajstić information content (AvgIpc) is 3.40. The number of imide groups is 1. The number of thiophene rings is 1. The Morgan fingerprint density at radius 3 is 2.33 bits per heavy atom. The maximum Gasteiger partial charge on any atom is 0.343 e. The van der Waals surface area contributed by atoms with Crippen LogP contribution in [0.1, 0.15) is 73.9 Å². The SMILES string of the molecule is CC(C)(C)OC(=O)c1c(OCc2ccccc2)sc2c1C(N=C=O)[C@H](CN1C(=O)c3ccccc3C1=O)NC2. The first-order valence-electron chi connectivity index (χ1n) is 12.5. The zero-order chi connectivity index (χ0) is 27.7. The number of amides is 2. The van der Waals surface area contributed by atoms with Gasteiger partial charge in [0.25, 0.3) is 11.8 Å². The number of esters is 1. The zero-order valence-electron chi connectivity index (χ0n) is 21.7. The summed E-state index contributed by atoms with van der Waals surface area (Å²) in [5.41, 5.74) is 1.48. The molecule has 1 aromatic heterocycles. The molecular formula is C29H27N3O6S. The third-order valence-electron chi connectivity index (χ3n) is 6.46. The van der Waals surface area contributed by atoms with Gasteiger partial charge in [0.05, 0.1) is 17.2 Å². The second kappa shape index (κ2) is 10.6. The number of fused-ring (bicyclic) bond motifs is 2. The topological polar surface area (TPSA) is 114 Å². The molecule has 10 heteroatoms. The van der Waals surface area contributed by atoms with Crippen LogP contribution in [0.4, 0.5) is 0 Å². The van der Waals surface area contributed by atoms with Gasteiger partial charge >= 0.3 is 5.97 Å². The van der Waals surface area contributed by atoms with Gasteiger partial charge in [0.15, 0.2) is 5.06 Å². The molecule has 2 aromatic carbocycles. The van der Waals surface area contributed by atoms with Crippen molar-refractivity contribution in [2.45, 2.75) is 51.6 Å². The van der Waals surface area contributed by atoms with E-state index in [1.54, 1.807) is 51.1 Å². The predicted molar refractivity (Wildman–Crippen MR) is 144 cm³/mol. The van der Waals surface area contributed by atoms with Crippen molar-refractivity contribution in [3.63, 3.8) is 0 Å². The van der Waals surface area contributed by atoms with Gasteiger partial charge in [-0.1, -0.05) is 42.5 Å². The van der Waals surface area contributed by atoms with Crippen LogP contribution in [0.25, 0.3) is 0 Å². The molecule has 200 valence electrons. The molecule has 1 N–H and O–H groups in total. The zero-order valence-corrected chi connectivity index (χ0v) is 22.5. The summed E-state index contributed by atoms with van der Waals surface area (Å²) in [6.45, 7) is 5.80. The van der Waals surface area contributed by atoms with Crippen LogP contribution < -0.4 is 10.1 Å². The molecule has 5 rings (SSSR count). The summed E-state index contributed by atoms with van der Waals surface area (Å²) < 4.78 is 11.8. The van der Waals surface area contributed by atoms with E-state index in [9.17, 15) is 19.2 Å². The van der Waals surface area contributed by atoms with E-state index in [4.69, 9.17) is 9.47 Å². The Hall–Kier alpha value is -4.11. The Morgan fingerprint density at radius 2 is 1.72 bits per heavy atom. The molecule has 0 radical (unpaired) electrons. The molecule has 0 aliphatic carbocycles. The second-order valence-electron chi connectivity index (χ2n) is 10.3. The number of ether oxygens (including phenoxy) is 2. The molecule has 0 saturated carbocycles. The summed E-state index contributed by atoms with van der Waals surface area (Å²) in [7, 11) is 0.